The minimum atomic E-state index is 0.430. The Balaban J connectivity index is 2.11. The molecule has 0 aliphatic rings. The zero-order chi connectivity index (χ0) is 12.4. The van der Waals surface area contributed by atoms with Crippen LogP contribution in [0.1, 0.15) is 0 Å². The molecular weight excluding hydrogens is 246 g/mol. The summed E-state index contributed by atoms with van der Waals surface area (Å²) >= 11 is 6.00. The van der Waals surface area contributed by atoms with Crippen molar-refractivity contribution in [3.8, 4) is 11.5 Å². The Morgan fingerprint density at radius 3 is 2.44 bits per heavy atom. The van der Waals surface area contributed by atoms with Crippen molar-refractivity contribution in [2.45, 2.75) is 0 Å². The summed E-state index contributed by atoms with van der Waals surface area (Å²) in [5, 5.41) is 1.38. The molecule has 2 nitrogen and oxygen atoms in total. The molecule has 0 spiro atoms. The van der Waals surface area contributed by atoms with Crippen LogP contribution in [0, 0.1) is 0 Å². The molecule has 0 fully saturated rings. The van der Waals surface area contributed by atoms with E-state index >= 15 is 0 Å². The van der Waals surface area contributed by atoms with E-state index in [4.69, 9.17) is 16.3 Å². The lowest BCUT2D eigenvalue weighted by molar-refractivity contribution is 0.488. The van der Waals surface area contributed by atoms with Crippen LogP contribution in [-0.4, -0.2) is 4.98 Å². The van der Waals surface area contributed by atoms with Crippen molar-refractivity contribution in [3.63, 3.8) is 0 Å². The maximum absolute atomic E-state index is 6.00. The van der Waals surface area contributed by atoms with E-state index in [-0.39, 0.29) is 0 Å². The zero-order valence-corrected chi connectivity index (χ0v) is 10.3. The minimum absolute atomic E-state index is 0.430. The topological polar surface area (TPSA) is 22.1 Å². The van der Waals surface area contributed by atoms with E-state index in [2.05, 4.69) is 4.98 Å². The molecule has 0 N–H and O–H groups in total. The molecule has 2 aromatic carbocycles. The normalized spacial score (nSPS) is 10.5. The van der Waals surface area contributed by atoms with Gasteiger partial charge in [0.15, 0.2) is 0 Å². The smallest absolute Gasteiger partial charge is 0.139 e. The van der Waals surface area contributed by atoms with Gasteiger partial charge in [-0.1, -0.05) is 41.9 Å². The van der Waals surface area contributed by atoms with Crippen molar-refractivity contribution in [3.05, 3.63) is 65.8 Å². The first-order chi connectivity index (χ1) is 8.83. The second kappa shape index (κ2) is 4.67. The Labute approximate surface area is 110 Å². The van der Waals surface area contributed by atoms with Crippen molar-refractivity contribution in [1.29, 1.82) is 0 Å². The van der Waals surface area contributed by atoms with Crippen LogP contribution in [0.25, 0.3) is 10.9 Å². The summed E-state index contributed by atoms with van der Waals surface area (Å²) in [4.78, 5) is 4.26. The first-order valence-electron chi connectivity index (χ1n) is 5.61. The number of hydrogen-bond acceptors (Lipinski definition) is 2. The van der Waals surface area contributed by atoms with Gasteiger partial charge in [-0.3, -0.25) is 0 Å². The van der Waals surface area contributed by atoms with Crippen molar-refractivity contribution in [1.82, 2.24) is 4.98 Å². The summed E-state index contributed by atoms with van der Waals surface area (Å²) in [7, 11) is 0. The number of pyridine rings is 1. The molecule has 0 unspecified atom stereocenters. The third-order valence-corrected chi connectivity index (χ3v) is 2.81. The van der Waals surface area contributed by atoms with Gasteiger partial charge in [0.1, 0.15) is 16.7 Å². The second-order valence-electron chi connectivity index (χ2n) is 3.88. The maximum atomic E-state index is 6.00. The highest BCUT2D eigenvalue weighted by Crippen LogP contribution is 2.30. The van der Waals surface area contributed by atoms with Crippen LogP contribution < -0.4 is 4.74 Å². The second-order valence-corrected chi connectivity index (χ2v) is 4.26. The Kier molecular flexibility index (Phi) is 2.87. The Morgan fingerprint density at radius 1 is 0.889 bits per heavy atom. The van der Waals surface area contributed by atoms with Crippen molar-refractivity contribution in [2.24, 2.45) is 0 Å². The van der Waals surface area contributed by atoms with E-state index in [0.717, 1.165) is 22.4 Å². The Bertz CT molecular complexity index is 682. The summed E-state index contributed by atoms with van der Waals surface area (Å²) in [6, 6.07) is 19.1. The predicted octanol–water partition coefficient (Wildman–Crippen LogP) is 4.68. The molecule has 3 aromatic rings. The Morgan fingerprint density at radius 2 is 1.61 bits per heavy atom. The number of ether oxygens (including phenoxy) is 1. The highest BCUT2D eigenvalue weighted by Gasteiger charge is 2.06. The van der Waals surface area contributed by atoms with Crippen LogP contribution >= 0.6 is 11.6 Å². The molecule has 0 saturated heterocycles. The number of para-hydroxylation sites is 2. The van der Waals surface area contributed by atoms with Gasteiger partial charge in [0.2, 0.25) is 0 Å². The van der Waals surface area contributed by atoms with Crippen molar-refractivity contribution < 1.29 is 4.74 Å². The lowest BCUT2D eigenvalue weighted by Gasteiger charge is -2.08. The highest BCUT2D eigenvalue weighted by molar-refractivity contribution is 6.30. The van der Waals surface area contributed by atoms with Crippen LogP contribution in [0.5, 0.6) is 11.5 Å². The molecule has 3 rings (SSSR count). The number of benzene rings is 2. The Hall–Kier alpha value is -2.06. The van der Waals surface area contributed by atoms with Gasteiger partial charge in [0, 0.05) is 11.5 Å². The SMILES string of the molecule is Clc1cc(Oc2ccccc2)c2ccccc2n1. The van der Waals surface area contributed by atoms with Crippen LogP contribution in [0.2, 0.25) is 5.15 Å². The summed E-state index contributed by atoms with van der Waals surface area (Å²) in [6.07, 6.45) is 0. The van der Waals surface area contributed by atoms with Crippen LogP contribution in [0.15, 0.2) is 60.7 Å². The molecule has 0 bridgehead atoms. The van der Waals surface area contributed by atoms with Gasteiger partial charge in [0.05, 0.1) is 5.52 Å². The van der Waals surface area contributed by atoms with Crippen LogP contribution in [-0.2, 0) is 0 Å². The summed E-state index contributed by atoms with van der Waals surface area (Å²) < 4.78 is 5.85. The molecule has 1 heterocycles. The van der Waals surface area contributed by atoms with Gasteiger partial charge in [-0.15, -0.1) is 0 Å². The van der Waals surface area contributed by atoms with E-state index in [0.29, 0.717) is 5.15 Å². The molecule has 1 aromatic heterocycles. The number of hydrogen-bond donors (Lipinski definition) is 0. The predicted molar refractivity (Wildman–Crippen MR) is 73.3 cm³/mol. The van der Waals surface area contributed by atoms with E-state index in [1.54, 1.807) is 6.07 Å². The quantitative estimate of drug-likeness (QED) is 0.620. The first-order valence-corrected chi connectivity index (χ1v) is 5.99. The molecule has 0 amide bonds. The van der Waals surface area contributed by atoms with Gasteiger partial charge in [-0.25, -0.2) is 4.98 Å². The fourth-order valence-corrected chi connectivity index (χ4v) is 2.00. The van der Waals surface area contributed by atoms with Crippen LogP contribution in [0.3, 0.4) is 0 Å². The molecule has 0 saturated carbocycles. The molecule has 18 heavy (non-hydrogen) atoms. The average Bonchev–Trinajstić information content (AvgIpc) is 2.40. The van der Waals surface area contributed by atoms with E-state index in [1.807, 2.05) is 54.6 Å². The van der Waals surface area contributed by atoms with Crippen molar-refractivity contribution >= 4 is 22.5 Å². The van der Waals surface area contributed by atoms with Gasteiger partial charge < -0.3 is 4.74 Å². The third-order valence-electron chi connectivity index (χ3n) is 2.62. The molecule has 3 heteroatoms. The molecule has 0 radical (unpaired) electrons. The number of fused-ring (bicyclic) bond motifs is 1. The number of aromatic nitrogens is 1. The minimum Gasteiger partial charge on any atom is -0.457 e. The number of rotatable bonds is 2. The summed E-state index contributed by atoms with van der Waals surface area (Å²) in [5.74, 6) is 1.50. The molecule has 88 valence electrons. The maximum Gasteiger partial charge on any atom is 0.139 e. The van der Waals surface area contributed by atoms with E-state index in [9.17, 15) is 0 Å². The van der Waals surface area contributed by atoms with E-state index < -0.39 is 0 Å². The van der Waals surface area contributed by atoms with Crippen molar-refractivity contribution in [2.75, 3.05) is 0 Å². The standard InChI is InChI=1S/C15H10ClNO/c16-15-10-14(18-11-6-2-1-3-7-11)12-8-4-5-9-13(12)17-15/h1-10H. The average molecular weight is 256 g/mol. The summed E-state index contributed by atoms with van der Waals surface area (Å²) in [5.41, 5.74) is 0.830. The fraction of sp³-hybridized carbons (Fsp3) is 0. The molecule has 0 aliphatic carbocycles. The fourth-order valence-electron chi connectivity index (χ4n) is 1.81. The first kappa shape index (κ1) is 11.1. The largest absolute Gasteiger partial charge is 0.457 e. The van der Waals surface area contributed by atoms with E-state index in [1.165, 1.54) is 0 Å². The molecule has 0 aliphatic heterocycles. The molecular formula is C15H10ClNO. The van der Waals surface area contributed by atoms with Gasteiger partial charge >= 0.3 is 0 Å². The van der Waals surface area contributed by atoms with Gasteiger partial charge in [-0.2, -0.15) is 0 Å². The lowest BCUT2D eigenvalue weighted by atomic mass is 10.2. The zero-order valence-electron chi connectivity index (χ0n) is 9.51. The van der Waals surface area contributed by atoms with Crippen LogP contribution in [0.4, 0.5) is 0 Å². The number of halogens is 1. The monoisotopic (exact) mass is 255 g/mol. The third kappa shape index (κ3) is 2.15. The lowest BCUT2D eigenvalue weighted by Crippen LogP contribution is -1.88. The summed E-state index contributed by atoms with van der Waals surface area (Å²) in [6.45, 7) is 0. The van der Waals surface area contributed by atoms with Gasteiger partial charge in [-0.05, 0) is 24.3 Å². The molecule has 0 atom stereocenters. The van der Waals surface area contributed by atoms with Gasteiger partial charge in [0.25, 0.3) is 0 Å². The highest BCUT2D eigenvalue weighted by atomic mass is 35.5. The number of nitrogens with zero attached hydrogens (tertiary/aromatic N) is 1.